The van der Waals surface area contributed by atoms with E-state index in [1.54, 1.807) is 0 Å². The van der Waals surface area contributed by atoms with E-state index in [9.17, 15) is 5.11 Å². The molecule has 5 atom stereocenters. The van der Waals surface area contributed by atoms with Crippen molar-refractivity contribution in [2.24, 2.45) is 22.7 Å². The molecule has 0 radical (unpaired) electrons. The molecule has 2 saturated carbocycles. The molecular weight excluding hydrogens is 312 g/mol. The van der Waals surface area contributed by atoms with Gasteiger partial charge < -0.3 is 14.6 Å². The molecule has 2 heterocycles. The van der Waals surface area contributed by atoms with Gasteiger partial charge >= 0.3 is 0 Å². The molecule has 1 spiro atoms. The van der Waals surface area contributed by atoms with E-state index in [1.807, 2.05) is 13.0 Å². The van der Waals surface area contributed by atoms with Gasteiger partial charge in [0.25, 0.3) is 0 Å². The Hall–Kier alpha value is -1.22. The highest BCUT2D eigenvalue weighted by molar-refractivity contribution is 5.51. The Labute approximate surface area is 150 Å². The van der Waals surface area contributed by atoms with E-state index >= 15 is 0 Å². The molecule has 1 N–H and O–H groups in total. The minimum absolute atomic E-state index is 0.0222. The normalized spacial score (nSPS) is 43.6. The Bertz CT molecular complexity index is 739. The van der Waals surface area contributed by atoms with Gasteiger partial charge in [-0.3, -0.25) is 0 Å². The molecule has 5 rings (SSSR count). The minimum atomic E-state index is -0.182. The first-order valence-electron chi connectivity index (χ1n) is 9.91. The topological polar surface area (TPSA) is 38.7 Å². The number of aryl methyl sites for hydroxylation is 1. The highest BCUT2D eigenvalue weighted by atomic mass is 16.5. The number of fused-ring (bicyclic) bond motifs is 2. The second-order valence-electron chi connectivity index (χ2n) is 9.99. The molecule has 4 aliphatic rings. The van der Waals surface area contributed by atoms with Crippen molar-refractivity contribution in [2.75, 3.05) is 6.61 Å². The van der Waals surface area contributed by atoms with E-state index in [1.165, 1.54) is 25.7 Å². The van der Waals surface area contributed by atoms with Crippen molar-refractivity contribution in [1.82, 2.24) is 0 Å². The lowest BCUT2D eigenvalue weighted by molar-refractivity contribution is -0.156. The first-order chi connectivity index (χ1) is 11.8. The maximum atomic E-state index is 10.7. The van der Waals surface area contributed by atoms with Gasteiger partial charge in [0, 0.05) is 11.3 Å². The van der Waals surface area contributed by atoms with E-state index in [-0.39, 0.29) is 17.1 Å². The van der Waals surface area contributed by atoms with Crippen molar-refractivity contribution in [3.8, 4) is 11.5 Å². The number of hydrogen-bond donors (Lipinski definition) is 1. The Morgan fingerprint density at radius 1 is 1.12 bits per heavy atom. The largest absolute Gasteiger partial charge is 0.507 e. The van der Waals surface area contributed by atoms with Crippen LogP contribution in [0.2, 0.25) is 0 Å². The van der Waals surface area contributed by atoms with Crippen LogP contribution in [0.5, 0.6) is 11.5 Å². The van der Waals surface area contributed by atoms with Crippen LogP contribution in [0.1, 0.15) is 70.1 Å². The summed E-state index contributed by atoms with van der Waals surface area (Å²) in [5, 5.41) is 10.7. The zero-order chi connectivity index (χ0) is 17.6. The second kappa shape index (κ2) is 4.73. The number of hydrogen-bond acceptors (Lipinski definition) is 3. The molecule has 0 bridgehead atoms. The molecule has 136 valence electrons. The monoisotopic (exact) mass is 342 g/mol. The average Bonchev–Trinajstić information content (AvgIpc) is 2.86. The Kier molecular flexibility index (Phi) is 3.03. The Balaban J connectivity index is 1.69. The fourth-order valence-electron chi connectivity index (χ4n) is 7.20. The molecule has 3 nitrogen and oxygen atoms in total. The van der Waals surface area contributed by atoms with Gasteiger partial charge in [0.15, 0.2) is 0 Å². The van der Waals surface area contributed by atoms with Crippen LogP contribution in [0.25, 0.3) is 0 Å². The van der Waals surface area contributed by atoms with Gasteiger partial charge in [-0.15, -0.1) is 0 Å². The van der Waals surface area contributed by atoms with E-state index < -0.39 is 0 Å². The smallest absolute Gasteiger partial charge is 0.129 e. The van der Waals surface area contributed by atoms with Crippen molar-refractivity contribution in [3.63, 3.8) is 0 Å². The third-order valence-corrected chi connectivity index (χ3v) is 8.03. The fraction of sp³-hybridized carbons (Fsp3) is 0.727. The number of benzene rings is 1. The molecule has 3 fully saturated rings. The van der Waals surface area contributed by atoms with Gasteiger partial charge in [0.2, 0.25) is 0 Å². The van der Waals surface area contributed by atoms with Crippen molar-refractivity contribution in [2.45, 2.75) is 71.5 Å². The maximum absolute atomic E-state index is 10.7. The van der Waals surface area contributed by atoms with Crippen LogP contribution in [0.15, 0.2) is 12.1 Å². The number of rotatable bonds is 0. The van der Waals surface area contributed by atoms with Crippen molar-refractivity contribution < 1.29 is 14.6 Å². The summed E-state index contributed by atoms with van der Waals surface area (Å²) in [4.78, 5) is 0. The quantitative estimate of drug-likeness (QED) is 0.709. The van der Waals surface area contributed by atoms with Gasteiger partial charge in [0.1, 0.15) is 17.1 Å². The predicted octanol–water partition coefficient (Wildman–Crippen LogP) is 5.15. The molecular formula is C22H30O3. The summed E-state index contributed by atoms with van der Waals surface area (Å²) in [6, 6.07) is 3.92. The van der Waals surface area contributed by atoms with Crippen LogP contribution in [0.3, 0.4) is 0 Å². The van der Waals surface area contributed by atoms with Crippen molar-refractivity contribution >= 4 is 0 Å². The van der Waals surface area contributed by atoms with Crippen LogP contribution in [0, 0.1) is 29.6 Å². The summed E-state index contributed by atoms with van der Waals surface area (Å²) in [5.74, 6) is 2.22. The third kappa shape index (κ3) is 1.91. The summed E-state index contributed by atoms with van der Waals surface area (Å²) in [6.07, 6.45) is 6.12. The van der Waals surface area contributed by atoms with E-state index in [0.29, 0.717) is 23.0 Å². The molecule has 2 aliphatic carbocycles. The maximum Gasteiger partial charge on any atom is 0.129 e. The molecule has 0 aromatic heterocycles. The lowest BCUT2D eigenvalue weighted by Gasteiger charge is -2.61. The molecule has 1 aromatic rings. The average molecular weight is 342 g/mol. The summed E-state index contributed by atoms with van der Waals surface area (Å²) >= 11 is 0. The zero-order valence-electron chi connectivity index (χ0n) is 15.9. The second-order valence-corrected chi connectivity index (χ2v) is 9.99. The van der Waals surface area contributed by atoms with Gasteiger partial charge in [-0.25, -0.2) is 0 Å². The van der Waals surface area contributed by atoms with Crippen LogP contribution in [0.4, 0.5) is 0 Å². The summed E-state index contributed by atoms with van der Waals surface area (Å²) in [7, 11) is 0. The zero-order valence-corrected chi connectivity index (χ0v) is 15.9. The lowest BCUT2D eigenvalue weighted by Crippen LogP contribution is -2.61. The highest BCUT2D eigenvalue weighted by Gasteiger charge is 2.69. The summed E-state index contributed by atoms with van der Waals surface area (Å²) < 4.78 is 13.1. The number of ether oxygens (including phenoxy) is 2. The molecule has 0 amide bonds. The third-order valence-electron chi connectivity index (χ3n) is 8.03. The molecule has 1 saturated heterocycles. The van der Waals surface area contributed by atoms with Crippen molar-refractivity contribution in [3.05, 3.63) is 23.3 Å². The number of phenols is 1. The van der Waals surface area contributed by atoms with Crippen molar-refractivity contribution in [1.29, 1.82) is 0 Å². The van der Waals surface area contributed by atoms with Gasteiger partial charge in [-0.1, -0.05) is 20.3 Å². The van der Waals surface area contributed by atoms with Crippen LogP contribution >= 0.6 is 0 Å². The first-order valence-corrected chi connectivity index (χ1v) is 9.91. The molecule has 0 unspecified atom stereocenters. The van der Waals surface area contributed by atoms with Crippen LogP contribution in [-0.2, 0) is 4.74 Å². The van der Waals surface area contributed by atoms with E-state index in [0.717, 1.165) is 29.9 Å². The summed E-state index contributed by atoms with van der Waals surface area (Å²) in [6.45, 7) is 10.0. The lowest BCUT2D eigenvalue weighted by atomic mass is 9.44. The highest BCUT2D eigenvalue weighted by Crippen LogP contribution is 2.71. The predicted molar refractivity (Wildman–Crippen MR) is 96.8 cm³/mol. The molecule has 3 heteroatoms. The van der Waals surface area contributed by atoms with Gasteiger partial charge in [0.05, 0.1) is 18.3 Å². The SMILES string of the molecule is Cc1cc(O)c2c(c1)O[C@]1(C)CC[C@@H]3C(C)(C)CCC[C@@]34CO[C@@H]2[C@H]41. The minimum Gasteiger partial charge on any atom is -0.507 e. The fourth-order valence-corrected chi connectivity index (χ4v) is 7.20. The number of phenolic OH excluding ortho intramolecular Hbond substituents is 1. The van der Waals surface area contributed by atoms with E-state index in [2.05, 4.69) is 26.8 Å². The molecule has 25 heavy (non-hydrogen) atoms. The standard InChI is InChI=1S/C22H30O3/c1-13-10-14(23)17-15(11-13)25-21(4)9-6-16-20(2,3)7-5-8-22(16)12-24-18(17)19(21)22/h10-11,16,18-19,23H,5-9,12H2,1-4H3/t16-,18+,19+,21-,22-/m1/s1. The van der Waals surface area contributed by atoms with Gasteiger partial charge in [-0.05, 0) is 68.6 Å². The van der Waals surface area contributed by atoms with E-state index in [4.69, 9.17) is 9.47 Å². The van der Waals surface area contributed by atoms with Gasteiger partial charge in [-0.2, -0.15) is 0 Å². The molecule has 2 aliphatic heterocycles. The Morgan fingerprint density at radius 3 is 2.72 bits per heavy atom. The first kappa shape index (κ1) is 16.0. The van der Waals surface area contributed by atoms with Crippen LogP contribution in [-0.4, -0.2) is 17.3 Å². The summed E-state index contributed by atoms with van der Waals surface area (Å²) in [5.41, 5.74) is 2.33. The number of aromatic hydroxyl groups is 1. The van der Waals surface area contributed by atoms with Crippen LogP contribution < -0.4 is 4.74 Å². The Morgan fingerprint density at radius 2 is 1.92 bits per heavy atom. The molecule has 1 aromatic carbocycles.